The fourth-order valence-corrected chi connectivity index (χ4v) is 4.54. The van der Waals surface area contributed by atoms with Crippen LogP contribution in [-0.2, 0) is 6.54 Å². The highest BCUT2D eigenvalue weighted by atomic mass is 35.5. The number of hydrogen-bond acceptors (Lipinski definition) is 5. The number of carbonyl (C=O) groups excluding carboxylic acids is 2. The number of ether oxygens (including phenoxy) is 2. The van der Waals surface area contributed by atoms with Crippen LogP contribution in [0.4, 0.5) is 5.69 Å². The van der Waals surface area contributed by atoms with Crippen LogP contribution in [0.2, 0.25) is 5.02 Å². The molecule has 4 rings (SSSR count). The molecule has 1 N–H and O–H groups in total. The zero-order valence-electron chi connectivity index (χ0n) is 20.2. The minimum atomic E-state index is -0.315. The highest BCUT2D eigenvalue weighted by Gasteiger charge is 2.34. The number of anilines is 1. The van der Waals surface area contributed by atoms with E-state index < -0.39 is 0 Å². The molecule has 1 atom stereocenters. The first-order valence-electron chi connectivity index (χ1n) is 11.5. The molecule has 1 aliphatic rings. The predicted octanol–water partition coefficient (Wildman–Crippen LogP) is 4.73. The smallest absolute Gasteiger partial charge is 0.258 e. The summed E-state index contributed by atoms with van der Waals surface area (Å²) >= 11 is 6.24. The largest absolute Gasteiger partial charge is 0.493 e. The number of hydrogen-bond donors (Lipinski definition) is 1. The molecule has 0 fully saturated rings. The molecule has 0 aliphatic carbocycles. The first-order chi connectivity index (χ1) is 16.8. The van der Waals surface area contributed by atoms with E-state index in [0.717, 1.165) is 5.69 Å². The van der Waals surface area contributed by atoms with Crippen molar-refractivity contribution in [2.24, 2.45) is 5.92 Å². The van der Waals surface area contributed by atoms with Gasteiger partial charge in [0.2, 0.25) is 0 Å². The first kappa shape index (κ1) is 24.6. The molecule has 0 radical (unpaired) electrons. The number of carbonyl (C=O) groups is 2. The lowest BCUT2D eigenvalue weighted by Gasteiger charge is -2.33. The topological polar surface area (TPSA) is 85.7 Å². The molecule has 1 aromatic heterocycles. The van der Waals surface area contributed by atoms with Crippen molar-refractivity contribution in [1.82, 2.24) is 15.1 Å². The Kier molecular flexibility index (Phi) is 7.31. The van der Waals surface area contributed by atoms with E-state index in [1.54, 1.807) is 60.7 Å². The zero-order valence-corrected chi connectivity index (χ0v) is 21.0. The second kappa shape index (κ2) is 10.4. The number of benzene rings is 2. The van der Waals surface area contributed by atoms with Crippen LogP contribution < -0.4 is 19.7 Å². The summed E-state index contributed by atoms with van der Waals surface area (Å²) in [6.07, 6.45) is 2.23. The second-order valence-electron chi connectivity index (χ2n) is 8.81. The Bertz CT molecular complexity index is 1240. The number of rotatable bonds is 7. The molecular weight excluding hydrogens is 468 g/mol. The molecule has 35 heavy (non-hydrogen) atoms. The maximum absolute atomic E-state index is 13.5. The number of nitrogens with one attached hydrogen (secondary N) is 1. The van der Waals surface area contributed by atoms with Gasteiger partial charge in [0.1, 0.15) is 0 Å². The minimum absolute atomic E-state index is 0.174. The van der Waals surface area contributed by atoms with Gasteiger partial charge >= 0.3 is 0 Å². The van der Waals surface area contributed by atoms with Crippen molar-refractivity contribution in [3.05, 3.63) is 70.5 Å². The van der Waals surface area contributed by atoms with Gasteiger partial charge in [0.05, 0.1) is 48.4 Å². The van der Waals surface area contributed by atoms with Gasteiger partial charge in [0, 0.05) is 18.7 Å². The Labute approximate surface area is 209 Å². The van der Waals surface area contributed by atoms with E-state index in [4.69, 9.17) is 21.1 Å². The van der Waals surface area contributed by atoms with Crippen molar-refractivity contribution < 1.29 is 19.1 Å². The summed E-state index contributed by atoms with van der Waals surface area (Å²) in [7, 11) is 3.09. The Morgan fingerprint density at radius 2 is 1.89 bits per heavy atom. The third kappa shape index (κ3) is 4.98. The quantitative estimate of drug-likeness (QED) is 0.511. The van der Waals surface area contributed by atoms with Crippen LogP contribution in [0.3, 0.4) is 0 Å². The molecule has 3 aromatic rings. The third-order valence-electron chi connectivity index (χ3n) is 5.96. The normalized spacial score (nSPS) is 15.0. The Balaban J connectivity index is 1.67. The van der Waals surface area contributed by atoms with Crippen molar-refractivity contribution in [3.63, 3.8) is 0 Å². The fourth-order valence-electron chi connectivity index (χ4n) is 4.32. The molecule has 2 amide bonds. The lowest BCUT2D eigenvalue weighted by molar-refractivity contribution is 0.0931. The van der Waals surface area contributed by atoms with Crippen molar-refractivity contribution in [2.45, 2.75) is 32.9 Å². The molecule has 0 bridgehead atoms. The standard InChI is InChI=1S/C26H29ClN4O4/c1-16(2)15-31-24-20(29-25(32)18-7-5-6-8-19(18)27)11-12-30(21(24)14-28-31)26(33)17-9-10-22(34-3)23(13-17)35-4/h5-10,13-14,16,20H,11-12,15H2,1-4H3,(H,29,32). The van der Waals surface area contributed by atoms with Crippen LogP contribution in [0, 0.1) is 5.92 Å². The van der Waals surface area contributed by atoms with Gasteiger partial charge in [0.25, 0.3) is 11.8 Å². The van der Waals surface area contributed by atoms with Crippen LogP contribution in [-0.4, -0.2) is 42.4 Å². The molecule has 1 unspecified atom stereocenters. The summed E-state index contributed by atoms with van der Waals surface area (Å²) in [4.78, 5) is 28.3. The molecule has 1 aliphatic heterocycles. The van der Waals surface area contributed by atoms with Gasteiger partial charge in [-0.05, 0) is 42.7 Å². The van der Waals surface area contributed by atoms with E-state index in [0.29, 0.717) is 58.8 Å². The second-order valence-corrected chi connectivity index (χ2v) is 9.22. The van der Waals surface area contributed by atoms with E-state index in [1.807, 2.05) is 4.68 Å². The Morgan fingerprint density at radius 1 is 1.14 bits per heavy atom. The minimum Gasteiger partial charge on any atom is -0.493 e. The van der Waals surface area contributed by atoms with E-state index in [9.17, 15) is 9.59 Å². The summed E-state index contributed by atoms with van der Waals surface area (Å²) in [6.45, 7) is 5.27. The number of nitrogens with zero attached hydrogens (tertiary/aromatic N) is 3. The molecule has 0 saturated heterocycles. The molecule has 0 spiro atoms. The van der Waals surface area contributed by atoms with Crippen LogP contribution in [0.1, 0.15) is 52.7 Å². The molecule has 184 valence electrons. The molecule has 2 heterocycles. The van der Waals surface area contributed by atoms with Crippen molar-refractivity contribution in [2.75, 3.05) is 25.7 Å². The van der Waals surface area contributed by atoms with E-state index >= 15 is 0 Å². The summed E-state index contributed by atoms with van der Waals surface area (Å²) in [5.74, 6) is 0.929. The van der Waals surface area contributed by atoms with Crippen LogP contribution in [0.5, 0.6) is 11.5 Å². The Morgan fingerprint density at radius 3 is 2.57 bits per heavy atom. The lowest BCUT2D eigenvalue weighted by atomic mass is 10.0. The number of fused-ring (bicyclic) bond motifs is 1. The van der Waals surface area contributed by atoms with Gasteiger partial charge in [-0.3, -0.25) is 14.3 Å². The molecule has 8 nitrogen and oxygen atoms in total. The predicted molar refractivity (Wildman–Crippen MR) is 135 cm³/mol. The number of aromatic nitrogens is 2. The van der Waals surface area contributed by atoms with Gasteiger partial charge in [-0.25, -0.2) is 0 Å². The highest BCUT2D eigenvalue weighted by molar-refractivity contribution is 6.33. The number of halogens is 1. The van der Waals surface area contributed by atoms with Gasteiger partial charge in [-0.15, -0.1) is 0 Å². The maximum Gasteiger partial charge on any atom is 0.258 e. The van der Waals surface area contributed by atoms with E-state index in [1.165, 1.54) is 7.11 Å². The average molecular weight is 497 g/mol. The van der Waals surface area contributed by atoms with Crippen molar-refractivity contribution in [3.8, 4) is 11.5 Å². The fraction of sp³-hybridized carbons (Fsp3) is 0.346. The van der Waals surface area contributed by atoms with Crippen LogP contribution in [0.25, 0.3) is 0 Å². The summed E-state index contributed by atoms with van der Waals surface area (Å²) in [5.41, 5.74) is 2.37. The maximum atomic E-state index is 13.5. The first-order valence-corrected chi connectivity index (χ1v) is 11.9. The van der Waals surface area contributed by atoms with E-state index in [-0.39, 0.29) is 17.9 Å². The average Bonchev–Trinajstić information content (AvgIpc) is 3.27. The number of methoxy groups -OCH3 is 2. The Hall–Kier alpha value is -3.52. The zero-order chi connectivity index (χ0) is 25.1. The van der Waals surface area contributed by atoms with Crippen LogP contribution in [0.15, 0.2) is 48.7 Å². The SMILES string of the molecule is COc1ccc(C(=O)N2CCC(NC(=O)c3ccccc3Cl)c3c2cnn3CC(C)C)cc1OC. The van der Waals surface area contributed by atoms with Crippen molar-refractivity contribution >= 4 is 29.1 Å². The van der Waals surface area contributed by atoms with Gasteiger partial charge in [-0.1, -0.05) is 37.6 Å². The van der Waals surface area contributed by atoms with Crippen LogP contribution >= 0.6 is 11.6 Å². The molecule has 0 saturated carbocycles. The summed E-state index contributed by atoms with van der Waals surface area (Å²) in [6, 6.07) is 11.7. The number of amides is 2. The molecular formula is C26H29ClN4O4. The van der Waals surface area contributed by atoms with Gasteiger partial charge in [-0.2, -0.15) is 5.10 Å². The molecule has 2 aromatic carbocycles. The van der Waals surface area contributed by atoms with E-state index in [2.05, 4.69) is 24.3 Å². The van der Waals surface area contributed by atoms with Gasteiger partial charge in [0.15, 0.2) is 11.5 Å². The monoisotopic (exact) mass is 496 g/mol. The third-order valence-corrected chi connectivity index (χ3v) is 6.29. The summed E-state index contributed by atoms with van der Waals surface area (Å²) in [5, 5.41) is 8.07. The molecule has 9 heteroatoms. The lowest BCUT2D eigenvalue weighted by Crippen LogP contribution is -2.41. The summed E-state index contributed by atoms with van der Waals surface area (Å²) < 4.78 is 12.6. The van der Waals surface area contributed by atoms with Crippen molar-refractivity contribution in [1.29, 1.82) is 0 Å². The highest BCUT2D eigenvalue weighted by Crippen LogP contribution is 2.36. The van der Waals surface area contributed by atoms with Gasteiger partial charge < -0.3 is 19.7 Å².